The van der Waals surface area contributed by atoms with Gasteiger partial charge >= 0.3 is 0 Å². The molecule has 2 heterocycles. The molecule has 0 saturated heterocycles. The fourth-order valence-corrected chi connectivity index (χ4v) is 5.17. The average molecular weight is 404 g/mol. The summed E-state index contributed by atoms with van der Waals surface area (Å²) in [5.41, 5.74) is 6.45. The van der Waals surface area contributed by atoms with Crippen molar-refractivity contribution >= 4 is 40.6 Å². The van der Waals surface area contributed by atoms with Gasteiger partial charge in [-0.3, -0.25) is 4.79 Å². The monoisotopic (exact) mass is 403 g/mol. The van der Waals surface area contributed by atoms with Crippen molar-refractivity contribution in [3.8, 4) is 5.69 Å². The Morgan fingerprint density at radius 1 is 1.08 bits per heavy atom. The standard InChI is InChI=1S/C19H21N3OS3/c1-11-6-7-15(8-12(11)2)22-13(3)9-16(14(22)4)17(23)10-25-19-21-20-18(24-5)26-19/h6-9H,10H2,1-5H3. The first kappa shape index (κ1) is 19.2. The maximum Gasteiger partial charge on any atom is 0.175 e. The summed E-state index contributed by atoms with van der Waals surface area (Å²) in [5.74, 6) is 0.499. The highest BCUT2D eigenvalue weighted by Crippen LogP contribution is 2.29. The number of aromatic nitrogens is 3. The molecule has 0 atom stereocenters. The first-order valence-electron chi connectivity index (χ1n) is 8.20. The van der Waals surface area contributed by atoms with Crippen molar-refractivity contribution in [3.05, 3.63) is 52.3 Å². The van der Waals surface area contributed by atoms with Crippen LogP contribution in [0, 0.1) is 27.7 Å². The lowest BCUT2D eigenvalue weighted by molar-refractivity contribution is 0.102. The molecule has 3 rings (SSSR count). The third-order valence-electron chi connectivity index (χ3n) is 4.37. The normalized spacial score (nSPS) is 11.1. The Balaban J connectivity index is 1.82. The van der Waals surface area contributed by atoms with E-state index in [1.807, 2.05) is 26.2 Å². The van der Waals surface area contributed by atoms with Gasteiger partial charge in [-0.2, -0.15) is 0 Å². The van der Waals surface area contributed by atoms with Crippen LogP contribution < -0.4 is 0 Å². The molecule has 0 unspecified atom stereocenters. The Labute approximate surface area is 166 Å². The van der Waals surface area contributed by atoms with Crippen LogP contribution in [0.2, 0.25) is 0 Å². The van der Waals surface area contributed by atoms with Gasteiger partial charge in [0.25, 0.3) is 0 Å². The molecule has 1 aromatic carbocycles. The van der Waals surface area contributed by atoms with Crippen LogP contribution >= 0.6 is 34.9 Å². The molecule has 0 fully saturated rings. The van der Waals surface area contributed by atoms with Crippen LogP contribution in [0.25, 0.3) is 5.69 Å². The first-order chi connectivity index (χ1) is 12.4. The molecule has 0 aliphatic heterocycles. The number of benzene rings is 1. The van der Waals surface area contributed by atoms with Crippen molar-refractivity contribution in [2.45, 2.75) is 36.4 Å². The van der Waals surface area contributed by atoms with Crippen molar-refractivity contribution in [2.75, 3.05) is 12.0 Å². The zero-order chi connectivity index (χ0) is 18.8. The number of hydrogen-bond donors (Lipinski definition) is 0. The van der Waals surface area contributed by atoms with Gasteiger partial charge < -0.3 is 4.57 Å². The van der Waals surface area contributed by atoms with E-state index in [2.05, 4.69) is 46.8 Å². The topological polar surface area (TPSA) is 47.8 Å². The second kappa shape index (κ2) is 7.98. The van der Waals surface area contributed by atoms with E-state index in [-0.39, 0.29) is 5.78 Å². The van der Waals surface area contributed by atoms with Crippen LogP contribution in [0.15, 0.2) is 32.9 Å². The molecule has 0 radical (unpaired) electrons. The molecule has 0 saturated carbocycles. The molecule has 0 N–H and O–H groups in total. The van der Waals surface area contributed by atoms with Gasteiger partial charge in [-0.15, -0.1) is 10.2 Å². The second-order valence-corrected chi connectivity index (χ2v) is 9.39. The number of aryl methyl sites for hydroxylation is 3. The van der Waals surface area contributed by atoms with Crippen LogP contribution in [-0.2, 0) is 0 Å². The minimum atomic E-state index is 0.124. The SMILES string of the molecule is CSc1nnc(SCC(=O)c2cc(C)n(-c3ccc(C)c(C)c3)c2C)s1. The first-order valence-corrected chi connectivity index (χ1v) is 11.2. The summed E-state index contributed by atoms with van der Waals surface area (Å²) in [6.07, 6.45) is 1.97. The fourth-order valence-electron chi connectivity index (χ4n) is 2.85. The summed E-state index contributed by atoms with van der Waals surface area (Å²) in [4.78, 5) is 12.8. The van der Waals surface area contributed by atoms with Crippen LogP contribution in [0.1, 0.15) is 32.9 Å². The van der Waals surface area contributed by atoms with Crippen molar-refractivity contribution < 1.29 is 4.79 Å². The van der Waals surface area contributed by atoms with E-state index in [0.29, 0.717) is 5.75 Å². The lowest BCUT2D eigenvalue weighted by Crippen LogP contribution is -2.05. The molecule has 0 aliphatic rings. The van der Waals surface area contributed by atoms with E-state index in [1.54, 1.807) is 11.8 Å². The van der Waals surface area contributed by atoms with Gasteiger partial charge in [0.2, 0.25) is 0 Å². The Bertz CT molecular complexity index is 959. The Hall–Kier alpha value is -1.57. The van der Waals surface area contributed by atoms with Crippen molar-refractivity contribution in [2.24, 2.45) is 0 Å². The Morgan fingerprint density at radius 2 is 1.81 bits per heavy atom. The molecule has 0 aliphatic carbocycles. The van der Waals surface area contributed by atoms with Gasteiger partial charge in [-0.05, 0) is 63.3 Å². The molecule has 0 bridgehead atoms. The third kappa shape index (κ3) is 3.89. The minimum Gasteiger partial charge on any atom is -0.318 e. The summed E-state index contributed by atoms with van der Waals surface area (Å²) in [6, 6.07) is 8.39. The molecule has 136 valence electrons. The summed E-state index contributed by atoms with van der Waals surface area (Å²) >= 11 is 4.56. The molecule has 2 aromatic heterocycles. The van der Waals surface area contributed by atoms with E-state index in [4.69, 9.17) is 0 Å². The van der Waals surface area contributed by atoms with Gasteiger partial charge in [-0.25, -0.2) is 0 Å². The van der Waals surface area contributed by atoms with Gasteiger partial charge in [0, 0.05) is 22.6 Å². The Kier molecular flexibility index (Phi) is 5.89. The van der Waals surface area contributed by atoms with Gasteiger partial charge in [0.05, 0.1) is 5.75 Å². The predicted octanol–water partition coefficient (Wildman–Crippen LogP) is 5.26. The molecule has 0 spiro atoms. The molecular weight excluding hydrogens is 382 g/mol. The van der Waals surface area contributed by atoms with Crippen LogP contribution in [0.5, 0.6) is 0 Å². The number of hydrogen-bond acceptors (Lipinski definition) is 6. The van der Waals surface area contributed by atoms with Crippen molar-refractivity contribution in [3.63, 3.8) is 0 Å². The van der Waals surface area contributed by atoms with Gasteiger partial charge in [0.15, 0.2) is 14.5 Å². The maximum absolute atomic E-state index is 12.8. The molecular formula is C19H21N3OS3. The summed E-state index contributed by atoms with van der Waals surface area (Å²) in [6.45, 7) is 8.27. The number of thioether (sulfide) groups is 2. The number of carbonyl (C=O) groups is 1. The number of ketones is 1. The smallest absolute Gasteiger partial charge is 0.175 e. The highest BCUT2D eigenvalue weighted by atomic mass is 32.2. The largest absolute Gasteiger partial charge is 0.318 e. The molecule has 3 aromatic rings. The fraction of sp³-hybridized carbons (Fsp3) is 0.316. The highest BCUT2D eigenvalue weighted by molar-refractivity contribution is 8.03. The molecule has 26 heavy (non-hydrogen) atoms. The Morgan fingerprint density at radius 3 is 2.46 bits per heavy atom. The van der Waals surface area contributed by atoms with Crippen LogP contribution in [0.4, 0.5) is 0 Å². The van der Waals surface area contributed by atoms with E-state index >= 15 is 0 Å². The van der Waals surface area contributed by atoms with Gasteiger partial charge in [0.1, 0.15) is 0 Å². The van der Waals surface area contributed by atoms with E-state index in [9.17, 15) is 4.79 Å². The quantitative estimate of drug-likeness (QED) is 0.415. The van der Waals surface area contributed by atoms with E-state index in [0.717, 1.165) is 31.3 Å². The number of rotatable bonds is 6. The van der Waals surface area contributed by atoms with Gasteiger partial charge in [-0.1, -0.05) is 40.9 Å². The minimum absolute atomic E-state index is 0.124. The van der Waals surface area contributed by atoms with E-state index in [1.165, 1.54) is 34.2 Å². The average Bonchev–Trinajstić information content (AvgIpc) is 3.19. The van der Waals surface area contributed by atoms with E-state index < -0.39 is 0 Å². The predicted molar refractivity (Wildman–Crippen MR) is 111 cm³/mol. The number of carbonyl (C=O) groups excluding carboxylic acids is 1. The lowest BCUT2D eigenvalue weighted by atomic mass is 10.1. The second-order valence-electron chi connectivity index (χ2n) is 6.14. The zero-order valence-corrected chi connectivity index (χ0v) is 17.9. The summed E-state index contributed by atoms with van der Waals surface area (Å²) in [7, 11) is 0. The molecule has 0 amide bonds. The van der Waals surface area contributed by atoms with Crippen LogP contribution in [-0.4, -0.2) is 32.6 Å². The highest BCUT2D eigenvalue weighted by Gasteiger charge is 2.18. The zero-order valence-electron chi connectivity index (χ0n) is 15.5. The van der Waals surface area contributed by atoms with Crippen molar-refractivity contribution in [1.82, 2.24) is 14.8 Å². The number of nitrogens with zero attached hydrogens (tertiary/aromatic N) is 3. The summed E-state index contributed by atoms with van der Waals surface area (Å²) in [5, 5.41) is 8.19. The lowest BCUT2D eigenvalue weighted by Gasteiger charge is -2.12. The summed E-state index contributed by atoms with van der Waals surface area (Å²) < 4.78 is 3.92. The third-order valence-corrected chi connectivity index (χ3v) is 7.40. The maximum atomic E-state index is 12.8. The van der Waals surface area contributed by atoms with Crippen LogP contribution in [0.3, 0.4) is 0 Å². The van der Waals surface area contributed by atoms with Crippen molar-refractivity contribution in [1.29, 1.82) is 0 Å². The molecule has 7 heteroatoms. The molecule has 4 nitrogen and oxygen atoms in total. The number of Topliss-reactive ketones (excluding diaryl/α,β-unsaturated/α-hetero) is 1.